The first-order valence-corrected chi connectivity index (χ1v) is 7.28. The third-order valence-electron chi connectivity index (χ3n) is 4.43. The van der Waals surface area contributed by atoms with Crippen molar-refractivity contribution in [2.75, 3.05) is 6.54 Å². The summed E-state index contributed by atoms with van der Waals surface area (Å²) in [6.45, 7) is 5.07. The molecule has 2 fully saturated rings. The fourth-order valence-electron chi connectivity index (χ4n) is 3.57. The number of hydrogen-bond acceptors (Lipinski definition) is 1. The fraction of sp³-hybridized carbons (Fsp3) is 0.867. The Labute approximate surface area is 113 Å². The standard InChI is InChI=1S/C15H27N.ClH/c1-2-13-16(14-9-5-3-6-10-14)15-11-7-4-8-12-15;/h2,14-15H,1,3-13H2;1H. The van der Waals surface area contributed by atoms with Crippen LogP contribution < -0.4 is 0 Å². The Bertz CT molecular complexity index is 187. The van der Waals surface area contributed by atoms with Gasteiger partial charge in [0.15, 0.2) is 0 Å². The summed E-state index contributed by atoms with van der Waals surface area (Å²) < 4.78 is 0. The SMILES string of the molecule is C=CCN(C1CCCCC1)C1CCCCC1.Cl. The van der Waals surface area contributed by atoms with Crippen LogP contribution in [0.25, 0.3) is 0 Å². The number of hydrogen-bond donors (Lipinski definition) is 0. The van der Waals surface area contributed by atoms with E-state index in [1.807, 2.05) is 0 Å². The van der Waals surface area contributed by atoms with Gasteiger partial charge in [-0.2, -0.15) is 0 Å². The lowest BCUT2D eigenvalue weighted by Gasteiger charge is -2.41. The number of nitrogens with zero attached hydrogens (tertiary/aromatic N) is 1. The zero-order chi connectivity index (χ0) is 11.2. The second-order valence-electron chi connectivity index (χ2n) is 5.57. The van der Waals surface area contributed by atoms with E-state index in [9.17, 15) is 0 Å². The lowest BCUT2D eigenvalue weighted by atomic mass is 9.88. The number of halogens is 1. The topological polar surface area (TPSA) is 3.24 Å². The van der Waals surface area contributed by atoms with Crippen molar-refractivity contribution < 1.29 is 0 Å². The van der Waals surface area contributed by atoms with Gasteiger partial charge in [-0.05, 0) is 25.7 Å². The van der Waals surface area contributed by atoms with Crippen LogP contribution in [0.3, 0.4) is 0 Å². The van der Waals surface area contributed by atoms with E-state index in [0.29, 0.717) is 0 Å². The molecular weight excluding hydrogens is 230 g/mol. The van der Waals surface area contributed by atoms with Gasteiger partial charge in [-0.3, -0.25) is 4.90 Å². The molecule has 100 valence electrons. The van der Waals surface area contributed by atoms with Crippen LogP contribution in [0.4, 0.5) is 0 Å². The molecule has 0 aromatic carbocycles. The van der Waals surface area contributed by atoms with E-state index in [1.165, 1.54) is 64.2 Å². The maximum atomic E-state index is 3.95. The third kappa shape index (κ3) is 4.30. The highest BCUT2D eigenvalue weighted by atomic mass is 35.5. The van der Waals surface area contributed by atoms with E-state index >= 15 is 0 Å². The Morgan fingerprint density at radius 2 is 1.24 bits per heavy atom. The summed E-state index contributed by atoms with van der Waals surface area (Å²) in [6.07, 6.45) is 16.6. The average Bonchev–Trinajstić information content (AvgIpc) is 2.38. The van der Waals surface area contributed by atoms with Crippen molar-refractivity contribution >= 4 is 12.4 Å². The monoisotopic (exact) mass is 257 g/mol. The molecule has 0 heterocycles. The maximum absolute atomic E-state index is 3.95. The first kappa shape index (κ1) is 15.0. The van der Waals surface area contributed by atoms with Gasteiger partial charge in [-0.25, -0.2) is 0 Å². The van der Waals surface area contributed by atoms with Gasteiger partial charge in [0.2, 0.25) is 0 Å². The van der Waals surface area contributed by atoms with Gasteiger partial charge in [0.1, 0.15) is 0 Å². The Morgan fingerprint density at radius 1 is 0.824 bits per heavy atom. The van der Waals surface area contributed by atoms with Crippen LogP contribution in [0.5, 0.6) is 0 Å². The van der Waals surface area contributed by atoms with E-state index in [0.717, 1.165) is 18.6 Å². The Hall–Kier alpha value is -0.0100. The van der Waals surface area contributed by atoms with Crippen molar-refractivity contribution in [2.45, 2.75) is 76.3 Å². The largest absolute Gasteiger partial charge is 0.294 e. The van der Waals surface area contributed by atoms with Crippen molar-refractivity contribution in [1.82, 2.24) is 4.90 Å². The smallest absolute Gasteiger partial charge is 0.0166 e. The van der Waals surface area contributed by atoms with E-state index in [1.54, 1.807) is 0 Å². The molecule has 0 atom stereocenters. The predicted molar refractivity (Wildman–Crippen MR) is 77.9 cm³/mol. The average molecular weight is 258 g/mol. The molecule has 0 aromatic rings. The second-order valence-corrected chi connectivity index (χ2v) is 5.57. The van der Waals surface area contributed by atoms with E-state index < -0.39 is 0 Å². The minimum atomic E-state index is 0. The minimum absolute atomic E-state index is 0. The summed E-state index contributed by atoms with van der Waals surface area (Å²) in [4.78, 5) is 2.78. The summed E-state index contributed by atoms with van der Waals surface area (Å²) in [5, 5.41) is 0. The Morgan fingerprint density at radius 3 is 1.59 bits per heavy atom. The van der Waals surface area contributed by atoms with E-state index in [4.69, 9.17) is 0 Å². The summed E-state index contributed by atoms with van der Waals surface area (Å²) >= 11 is 0. The molecule has 2 aliphatic rings. The number of rotatable bonds is 4. The molecule has 2 heteroatoms. The van der Waals surface area contributed by atoms with Gasteiger partial charge in [0, 0.05) is 18.6 Å². The molecule has 17 heavy (non-hydrogen) atoms. The molecule has 2 aliphatic carbocycles. The van der Waals surface area contributed by atoms with Gasteiger partial charge >= 0.3 is 0 Å². The lowest BCUT2D eigenvalue weighted by molar-refractivity contribution is 0.0940. The minimum Gasteiger partial charge on any atom is -0.294 e. The maximum Gasteiger partial charge on any atom is 0.0166 e. The van der Waals surface area contributed by atoms with Gasteiger partial charge in [-0.1, -0.05) is 44.6 Å². The quantitative estimate of drug-likeness (QED) is 0.668. The molecule has 2 saturated carbocycles. The second kappa shape index (κ2) is 8.16. The van der Waals surface area contributed by atoms with Crippen LogP contribution in [0.15, 0.2) is 12.7 Å². The highest BCUT2D eigenvalue weighted by Gasteiger charge is 2.27. The first-order valence-electron chi connectivity index (χ1n) is 7.28. The highest BCUT2D eigenvalue weighted by molar-refractivity contribution is 5.85. The van der Waals surface area contributed by atoms with Crippen molar-refractivity contribution in [3.05, 3.63) is 12.7 Å². The predicted octanol–water partition coefficient (Wildman–Crippen LogP) is 4.56. The Kier molecular flexibility index (Phi) is 7.22. The van der Waals surface area contributed by atoms with Gasteiger partial charge in [-0.15, -0.1) is 19.0 Å². The molecule has 0 spiro atoms. The molecule has 0 N–H and O–H groups in total. The summed E-state index contributed by atoms with van der Waals surface area (Å²) in [6, 6.07) is 1.74. The summed E-state index contributed by atoms with van der Waals surface area (Å²) in [5.74, 6) is 0. The van der Waals surface area contributed by atoms with Gasteiger partial charge in [0.05, 0.1) is 0 Å². The molecule has 1 nitrogen and oxygen atoms in total. The van der Waals surface area contributed by atoms with Crippen LogP contribution in [0.2, 0.25) is 0 Å². The molecule has 0 unspecified atom stereocenters. The van der Waals surface area contributed by atoms with Crippen molar-refractivity contribution in [3.63, 3.8) is 0 Å². The van der Waals surface area contributed by atoms with Gasteiger partial charge in [0.25, 0.3) is 0 Å². The fourth-order valence-corrected chi connectivity index (χ4v) is 3.57. The molecule has 2 rings (SSSR count). The molecule has 0 aliphatic heterocycles. The zero-order valence-electron chi connectivity index (χ0n) is 11.1. The molecule has 0 amide bonds. The van der Waals surface area contributed by atoms with Crippen molar-refractivity contribution in [1.29, 1.82) is 0 Å². The van der Waals surface area contributed by atoms with Crippen molar-refractivity contribution in [3.8, 4) is 0 Å². The summed E-state index contributed by atoms with van der Waals surface area (Å²) in [5.41, 5.74) is 0. The van der Waals surface area contributed by atoms with Crippen molar-refractivity contribution in [2.24, 2.45) is 0 Å². The molecular formula is C15H28ClN. The van der Waals surface area contributed by atoms with Crippen LogP contribution in [0, 0.1) is 0 Å². The molecule has 0 saturated heterocycles. The summed E-state index contributed by atoms with van der Waals surface area (Å²) in [7, 11) is 0. The molecule has 0 radical (unpaired) electrons. The van der Waals surface area contributed by atoms with Crippen LogP contribution in [0.1, 0.15) is 64.2 Å². The zero-order valence-corrected chi connectivity index (χ0v) is 11.9. The lowest BCUT2D eigenvalue weighted by Crippen LogP contribution is -2.45. The third-order valence-corrected chi connectivity index (χ3v) is 4.43. The van der Waals surface area contributed by atoms with E-state index in [2.05, 4.69) is 17.6 Å². The Balaban J connectivity index is 0.00000144. The van der Waals surface area contributed by atoms with Crippen LogP contribution >= 0.6 is 12.4 Å². The highest BCUT2D eigenvalue weighted by Crippen LogP contribution is 2.29. The molecule has 0 bridgehead atoms. The first-order chi connectivity index (χ1) is 7.92. The normalized spacial score (nSPS) is 23.4. The van der Waals surface area contributed by atoms with E-state index in [-0.39, 0.29) is 12.4 Å². The van der Waals surface area contributed by atoms with Gasteiger partial charge < -0.3 is 0 Å². The molecule has 0 aromatic heterocycles. The van der Waals surface area contributed by atoms with Crippen LogP contribution in [-0.2, 0) is 0 Å². The van der Waals surface area contributed by atoms with Crippen LogP contribution in [-0.4, -0.2) is 23.5 Å².